The number of nitrogens with zero attached hydrogens (tertiary/aromatic N) is 2. The highest BCUT2D eigenvalue weighted by Crippen LogP contribution is 2.32. The fraction of sp³-hybridized carbons (Fsp3) is 0.400. The number of rotatable bonds is 2. The van der Waals surface area contributed by atoms with Crippen LogP contribution in [0.15, 0.2) is 24.3 Å². The Bertz CT molecular complexity index is 634. The lowest BCUT2D eigenvalue weighted by molar-refractivity contribution is 0.451. The molecule has 20 heavy (non-hydrogen) atoms. The minimum absolute atomic E-state index is 0.181. The Kier molecular flexibility index (Phi) is 3.20. The monoisotopic (exact) mass is 277 g/mol. The number of anilines is 1. The lowest BCUT2D eigenvalue weighted by Gasteiger charge is -2.26. The molecular formula is C15H17F2N3. The van der Waals surface area contributed by atoms with Crippen LogP contribution in [0.2, 0.25) is 0 Å². The molecule has 1 unspecified atom stereocenters. The maximum Gasteiger partial charge on any atom is 0.131 e. The van der Waals surface area contributed by atoms with Gasteiger partial charge in [-0.1, -0.05) is 19.9 Å². The fourth-order valence-corrected chi connectivity index (χ4v) is 2.58. The van der Waals surface area contributed by atoms with E-state index in [1.807, 2.05) is 10.7 Å². The summed E-state index contributed by atoms with van der Waals surface area (Å²) in [6.07, 6.45) is 0.731. The number of halogens is 2. The molecule has 0 aliphatic carbocycles. The highest BCUT2D eigenvalue weighted by molar-refractivity contribution is 5.42. The van der Waals surface area contributed by atoms with Crippen molar-refractivity contribution in [2.75, 3.05) is 11.9 Å². The summed E-state index contributed by atoms with van der Waals surface area (Å²) in [5.41, 5.74) is 1.47. The van der Waals surface area contributed by atoms with Crippen molar-refractivity contribution in [1.82, 2.24) is 9.78 Å². The summed E-state index contributed by atoms with van der Waals surface area (Å²) in [5.74, 6) is 0.149. The van der Waals surface area contributed by atoms with Gasteiger partial charge in [0.25, 0.3) is 0 Å². The van der Waals surface area contributed by atoms with Crippen LogP contribution < -0.4 is 5.32 Å². The molecule has 5 heteroatoms. The number of aromatic nitrogens is 2. The maximum absolute atomic E-state index is 14.0. The Hall–Kier alpha value is -1.91. The molecule has 0 fully saturated rings. The molecule has 0 radical (unpaired) electrons. The Labute approximate surface area is 116 Å². The molecule has 3 rings (SSSR count). The molecule has 1 aromatic carbocycles. The third kappa shape index (κ3) is 2.17. The zero-order valence-electron chi connectivity index (χ0n) is 11.5. The third-order valence-electron chi connectivity index (χ3n) is 3.69. The van der Waals surface area contributed by atoms with Crippen molar-refractivity contribution < 1.29 is 8.78 Å². The van der Waals surface area contributed by atoms with Gasteiger partial charge >= 0.3 is 0 Å². The zero-order valence-corrected chi connectivity index (χ0v) is 11.5. The maximum atomic E-state index is 14.0. The van der Waals surface area contributed by atoms with E-state index >= 15 is 0 Å². The first kappa shape index (κ1) is 13.1. The predicted octanol–water partition coefficient (Wildman–Crippen LogP) is 3.69. The van der Waals surface area contributed by atoms with Gasteiger partial charge in [0.1, 0.15) is 17.5 Å². The first-order chi connectivity index (χ1) is 9.56. The second-order valence-corrected chi connectivity index (χ2v) is 5.45. The summed E-state index contributed by atoms with van der Waals surface area (Å²) in [7, 11) is 0. The van der Waals surface area contributed by atoms with Gasteiger partial charge in [-0.25, -0.2) is 13.5 Å². The quantitative estimate of drug-likeness (QED) is 0.907. The molecule has 3 nitrogen and oxygen atoms in total. The second-order valence-electron chi connectivity index (χ2n) is 5.45. The summed E-state index contributed by atoms with van der Waals surface area (Å²) in [5, 5.41) is 7.84. The minimum Gasteiger partial charge on any atom is -0.370 e. The van der Waals surface area contributed by atoms with Gasteiger partial charge in [0.2, 0.25) is 0 Å². The molecule has 1 aromatic heterocycles. The van der Waals surface area contributed by atoms with Crippen molar-refractivity contribution in [3.05, 3.63) is 47.2 Å². The van der Waals surface area contributed by atoms with E-state index in [0.717, 1.165) is 30.5 Å². The van der Waals surface area contributed by atoms with Crippen LogP contribution in [-0.4, -0.2) is 16.3 Å². The summed E-state index contributed by atoms with van der Waals surface area (Å²) >= 11 is 0. The molecule has 1 N–H and O–H groups in total. The van der Waals surface area contributed by atoms with Crippen molar-refractivity contribution >= 4 is 5.82 Å². The van der Waals surface area contributed by atoms with E-state index < -0.39 is 11.6 Å². The van der Waals surface area contributed by atoms with Crippen LogP contribution in [0.1, 0.15) is 43.5 Å². The second kappa shape index (κ2) is 4.89. The Morgan fingerprint density at radius 3 is 2.80 bits per heavy atom. The van der Waals surface area contributed by atoms with Gasteiger partial charge in [0.05, 0.1) is 11.7 Å². The number of benzene rings is 1. The van der Waals surface area contributed by atoms with Crippen LogP contribution in [0, 0.1) is 11.6 Å². The van der Waals surface area contributed by atoms with Gasteiger partial charge in [0, 0.05) is 24.2 Å². The number of hydrogen-bond donors (Lipinski definition) is 1. The molecule has 106 valence electrons. The van der Waals surface area contributed by atoms with Gasteiger partial charge in [-0.15, -0.1) is 0 Å². The molecule has 2 aromatic rings. The van der Waals surface area contributed by atoms with Crippen LogP contribution >= 0.6 is 0 Å². The van der Waals surface area contributed by atoms with Gasteiger partial charge in [-0.2, -0.15) is 5.10 Å². The fourth-order valence-electron chi connectivity index (χ4n) is 2.58. The van der Waals surface area contributed by atoms with Gasteiger partial charge in [0.15, 0.2) is 0 Å². The van der Waals surface area contributed by atoms with Crippen molar-refractivity contribution in [2.24, 2.45) is 0 Å². The molecule has 0 spiro atoms. The third-order valence-corrected chi connectivity index (χ3v) is 3.69. The average molecular weight is 277 g/mol. The predicted molar refractivity (Wildman–Crippen MR) is 73.9 cm³/mol. The van der Waals surface area contributed by atoms with Crippen molar-refractivity contribution in [3.63, 3.8) is 0 Å². The summed E-state index contributed by atoms with van der Waals surface area (Å²) < 4.78 is 28.9. The Morgan fingerprint density at radius 1 is 1.30 bits per heavy atom. The average Bonchev–Trinajstić information content (AvgIpc) is 2.83. The van der Waals surface area contributed by atoms with E-state index in [2.05, 4.69) is 24.3 Å². The SMILES string of the molecule is CC(C)c1cc2n(n1)C(c1ccc(F)cc1F)CCN2. The molecule has 2 heterocycles. The molecule has 1 aliphatic heterocycles. The first-order valence-electron chi connectivity index (χ1n) is 6.84. The van der Waals surface area contributed by atoms with Crippen LogP contribution in [0.5, 0.6) is 0 Å². The smallest absolute Gasteiger partial charge is 0.131 e. The van der Waals surface area contributed by atoms with Crippen LogP contribution in [0.3, 0.4) is 0 Å². The van der Waals surface area contributed by atoms with Gasteiger partial charge in [-0.3, -0.25) is 0 Å². The molecule has 1 atom stereocenters. The highest BCUT2D eigenvalue weighted by atomic mass is 19.1. The topological polar surface area (TPSA) is 29.9 Å². The van der Waals surface area contributed by atoms with Crippen LogP contribution in [-0.2, 0) is 0 Å². The van der Waals surface area contributed by atoms with E-state index in [-0.39, 0.29) is 6.04 Å². The Balaban J connectivity index is 2.05. The number of hydrogen-bond acceptors (Lipinski definition) is 2. The minimum atomic E-state index is -0.552. The molecule has 1 aliphatic rings. The van der Waals surface area contributed by atoms with E-state index in [1.165, 1.54) is 12.1 Å². The lowest BCUT2D eigenvalue weighted by Crippen LogP contribution is -2.25. The van der Waals surface area contributed by atoms with Gasteiger partial charge in [-0.05, 0) is 18.4 Å². The zero-order chi connectivity index (χ0) is 14.3. The standard InChI is InChI=1S/C15H17F2N3/c1-9(2)13-8-15-18-6-5-14(20(15)19-13)11-4-3-10(16)7-12(11)17/h3-4,7-9,14,18H,5-6H2,1-2H3. The highest BCUT2D eigenvalue weighted by Gasteiger charge is 2.26. The van der Waals surface area contributed by atoms with E-state index in [4.69, 9.17) is 0 Å². The van der Waals surface area contributed by atoms with Crippen molar-refractivity contribution in [2.45, 2.75) is 32.2 Å². The van der Waals surface area contributed by atoms with Crippen LogP contribution in [0.25, 0.3) is 0 Å². The molecule has 0 saturated heterocycles. The summed E-state index contributed by atoms with van der Waals surface area (Å²) in [6, 6.07) is 5.57. The number of fused-ring (bicyclic) bond motifs is 1. The lowest BCUT2D eigenvalue weighted by atomic mass is 10.0. The van der Waals surface area contributed by atoms with Crippen LogP contribution in [0.4, 0.5) is 14.6 Å². The summed E-state index contributed by atoms with van der Waals surface area (Å²) in [6.45, 7) is 4.90. The van der Waals surface area contributed by atoms with E-state index in [1.54, 1.807) is 0 Å². The molecule has 0 saturated carbocycles. The van der Waals surface area contributed by atoms with Crippen molar-refractivity contribution in [1.29, 1.82) is 0 Å². The number of nitrogens with one attached hydrogen (secondary N) is 1. The normalized spacial score (nSPS) is 17.9. The van der Waals surface area contributed by atoms with E-state index in [9.17, 15) is 8.78 Å². The van der Waals surface area contributed by atoms with Gasteiger partial charge < -0.3 is 5.32 Å². The largest absolute Gasteiger partial charge is 0.370 e. The first-order valence-corrected chi connectivity index (χ1v) is 6.84. The van der Waals surface area contributed by atoms with Crippen molar-refractivity contribution in [3.8, 4) is 0 Å². The molecule has 0 amide bonds. The summed E-state index contributed by atoms with van der Waals surface area (Å²) in [4.78, 5) is 0. The molecule has 0 bridgehead atoms. The molecular weight excluding hydrogens is 260 g/mol. The van der Waals surface area contributed by atoms with E-state index in [0.29, 0.717) is 11.5 Å². The Morgan fingerprint density at radius 2 is 2.10 bits per heavy atom.